The second-order valence-corrected chi connectivity index (χ2v) is 2.30. The van der Waals surface area contributed by atoms with Gasteiger partial charge in [0.05, 0.1) is 11.9 Å². The van der Waals surface area contributed by atoms with Crippen molar-refractivity contribution in [1.82, 2.24) is 0 Å². The van der Waals surface area contributed by atoms with Gasteiger partial charge in [0, 0.05) is 0 Å². The van der Waals surface area contributed by atoms with Crippen LogP contribution < -0.4 is 5.73 Å². The molecule has 0 radical (unpaired) electrons. The molecule has 0 spiro atoms. The Hall–Kier alpha value is -1.36. The van der Waals surface area contributed by atoms with Gasteiger partial charge in [-0.2, -0.15) is 10.2 Å². The van der Waals surface area contributed by atoms with Gasteiger partial charge >= 0.3 is 0 Å². The highest BCUT2D eigenvalue weighted by Crippen LogP contribution is 2.11. The third kappa shape index (κ3) is 0.988. The number of rotatable bonds is 0. The van der Waals surface area contributed by atoms with Crippen LogP contribution in [0.2, 0.25) is 0 Å². The predicted molar refractivity (Wildman–Crippen MR) is 41.7 cm³/mol. The van der Waals surface area contributed by atoms with Gasteiger partial charge < -0.3 is 5.73 Å². The Morgan fingerprint density at radius 2 is 2.36 bits per heavy atom. The molecule has 0 aromatic rings. The zero-order valence-corrected chi connectivity index (χ0v) is 5.75. The minimum Gasteiger partial charge on any atom is -0.307 e. The average Bonchev–Trinajstić information content (AvgIpc) is 2.06. The molecule has 11 heavy (non-hydrogen) atoms. The Kier molecular flexibility index (Phi) is 1.36. The van der Waals surface area contributed by atoms with Crippen molar-refractivity contribution >= 4 is 12.1 Å². The van der Waals surface area contributed by atoms with E-state index in [9.17, 15) is 0 Å². The Bertz CT molecular complexity index is 275. The Morgan fingerprint density at radius 1 is 1.45 bits per heavy atom. The van der Waals surface area contributed by atoms with Crippen LogP contribution in [0.3, 0.4) is 0 Å². The second-order valence-electron chi connectivity index (χ2n) is 2.30. The maximum atomic E-state index is 5.62. The molecule has 5 nitrogen and oxygen atoms in total. The summed E-state index contributed by atoms with van der Waals surface area (Å²) in [6.07, 6.45) is 4.53. The van der Waals surface area contributed by atoms with Gasteiger partial charge in [-0.15, -0.1) is 0 Å². The van der Waals surface area contributed by atoms with Crippen LogP contribution in [-0.2, 0) is 0 Å². The van der Waals surface area contributed by atoms with Crippen molar-refractivity contribution in [2.24, 2.45) is 25.9 Å². The van der Waals surface area contributed by atoms with Crippen LogP contribution in [0, 0.1) is 0 Å². The predicted octanol–water partition coefficient (Wildman–Crippen LogP) is 0.102. The van der Waals surface area contributed by atoms with Crippen molar-refractivity contribution in [1.29, 1.82) is 0 Å². The van der Waals surface area contributed by atoms with Crippen LogP contribution in [0.4, 0.5) is 0 Å². The molecule has 0 aliphatic carbocycles. The van der Waals surface area contributed by atoms with E-state index in [1.807, 2.05) is 0 Å². The topological polar surface area (TPSA) is 75.5 Å². The normalized spacial score (nSPS) is 33.4. The quantitative estimate of drug-likeness (QED) is 0.521. The molecular formula is C6H7N5. The molecule has 0 aromatic carbocycles. The molecule has 0 unspecified atom stereocenters. The molecule has 2 atom stereocenters. The zero-order valence-electron chi connectivity index (χ0n) is 5.75. The summed E-state index contributed by atoms with van der Waals surface area (Å²) in [5, 5.41) is 7.62. The van der Waals surface area contributed by atoms with E-state index in [-0.39, 0.29) is 12.2 Å². The third-order valence-corrected chi connectivity index (χ3v) is 1.58. The minimum atomic E-state index is -0.323. The maximum Gasteiger partial charge on any atom is 0.148 e. The molecule has 2 aliphatic rings. The summed E-state index contributed by atoms with van der Waals surface area (Å²) in [5.74, 6) is 0. The highest BCUT2D eigenvalue weighted by atomic mass is 15.2. The molecular weight excluding hydrogens is 142 g/mol. The van der Waals surface area contributed by atoms with E-state index in [4.69, 9.17) is 5.73 Å². The second kappa shape index (κ2) is 2.35. The lowest BCUT2D eigenvalue weighted by Gasteiger charge is -2.19. The number of nitrogens with zero attached hydrogens (tertiary/aromatic N) is 4. The van der Waals surface area contributed by atoms with E-state index in [1.165, 1.54) is 6.34 Å². The smallest absolute Gasteiger partial charge is 0.148 e. The van der Waals surface area contributed by atoms with Crippen LogP contribution in [0.5, 0.6) is 0 Å². The largest absolute Gasteiger partial charge is 0.307 e. The standard InChI is InChI=1S/C6H7N5/c7-6-5-4(8-3-9-6)1-2-10-11-5/h1-3,5-6H,7H2/t5-,6+/m0/s1. The molecule has 0 saturated heterocycles. The molecule has 2 aliphatic heterocycles. The van der Waals surface area contributed by atoms with Gasteiger partial charge in [-0.1, -0.05) is 0 Å². The molecule has 0 bridgehead atoms. The van der Waals surface area contributed by atoms with Crippen molar-refractivity contribution in [2.45, 2.75) is 12.2 Å². The van der Waals surface area contributed by atoms with E-state index in [2.05, 4.69) is 20.2 Å². The first-order valence-corrected chi connectivity index (χ1v) is 3.29. The summed E-state index contributed by atoms with van der Waals surface area (Å²) in [6.45, 7) is 0. The highest BCUT2D eigenvalue weighted by Gasteiger charge is 2.24. The summed E-state index contributed by atoms with van der Waals surface area (Å²) in [6, 6.07) is -0.176. The van der Waals surface area contributed by atoms with Crippen LogP contribution in [0.15, 0.2) is 32.5 Å². The summed E-state index contributed by atoms with van der Waals surface area (Å²) in [5.41, 5.74) is 6.46. The van der Waals surface area contributed by atoms with Gasteiger partial charge in [0.25, 0.3) is 0 Å². The van der Waals surface area contributed by atoms with E-state index in [0.717, 1.165) is 5.71 Å². The van der Waals surface area contributed by atoms with Crippen molar-refractivity contribution in [3.05, 3.63) is 12.3 Å². The van der Waals surface area contributed by atoms with Gasteiger partial charge in [0.15, 0.2) is 0 Å². The van der Waals surface area contributed by atoms with Gasteiger partial charge in [-0.05, 0) is 6.08 Å². The van der Waals surface area contributed by atoms with E-state index in [0.29, 0.717) is 0 Å². The van der Waals surface area contributed by atoms with Gasteiger partial charge in [0.1, 0.15) is 18.5 Å². The van der Waals surface area contributed by atoms with E-state index < -0.39 is 0 Å². The molecule has 2 rings (SSSR count). The fraction of sp³-hybridized carbons (Fsp3) is 0.333. The summed E-state index contributed by atoms with van der Waals surface area (Å²) in [4.78, 5) is 7.90. The van der Waals surface area contributed by atoms with Crippen molar-refractivity contribution in [2.75, 3.05) is 0 Å². The number of aliphatic imine (C=N–C) groups is 2. The number of azo groups is 1. The minimum absolute atomic E-state index is 0.176. The van der Waals surface area contributed by atoms with Crippen LogP contribution in [-0.4, -0.2) is 24.3 Å². The Morgan fingerprint density at radius 3 is 3.18 bits per heavy atom. The fourth-order valence-electron chi connectivity index (χ4n) is 0.999. The summed E-state index contributed by atoms with van der Waals surface area (Å²) in [7, 11) is 0. The first-order chi connectivity index (χ1) is 5.38. The maximum absolute atomic E-state index is 5.62. The van der Waals surface area contributed by atoms with Gasteiger partial charge in [-0.25, -0.2) is 4.99 Å². The van der Waals surface area contributed by atoms with E-state index >= 15 is 0 Å². The molecule has 0 aromatic heterocycles. The molecule has 0 amide bonds. The molecule has 2 heterocycles. The van der Waals surface area contributed by atoms with Crippen LogP contribution in [0.1, 0.15) is 0 Å². The molecule has 0 saturated carbocycles. The number of fused-ring (bicyclic) bond motifs is 1. The molecule has 2 N–H and O–H groups in total. The zero-order chi connectivity index (χ0) is 7.68. The first-order valence-electron chi connectivity index (χ1n) is 3.29. The van der Waals surface area contributed by atoms with Crippen molar-refractivity contribution < 1.29 is 0 Å². The molecule has 56 valence electrons. The fourth-order valence-corrected chi connectivity index (χ4v) is 0.999. The third-order valence-electron chi connectivity index (χ3n) is 1.58. The Labute approximate surface area is 63.4 Å². The first kappa shape index (κ1) is 6.36. The monoisotopic (exact) mass is 149 g/mol. The summed E-state index contributed by atoms with van der Waals surface area (Å²) < 4.78 is 0. The molecule has 0 fully saturated rings. The lowest BCUT2D eigenvalue weighted by Crippen LogP contribution is -2.39. The number of hydrogen-bond acceptors (Lipinski definition) is 5. The van der Waals surface area contributed by atoms with E-state index in [1.54, 1.807) is 12.3 Å². The highest BCUT2D eigenvalue weighted by molar-refractivity contribution is 6.05. The van der Waals surface area contributed by atoms with Crippen LogP contribution in [0.25, 0.3) is 0 Å². The van der Waals surface area contributed by atoms with Gasteiger partial charge in [-0.3, -0.25) is 4.99 Å². The lowest BCUT2D eigenvalue weighted by molar-refractivity contribution is 0.623. The van der Waals surface area contributed by atoms with Crippen LogP contribution >= 0.6 is 0 Å². The lowest BCUT2D eigenvalue weighted by atomic mass is 10.1. The van der Waals surface area contributed by atoms with Crippen molar-refractivity contribution in [3.8, 4) is 0 Å². The SMILES string of the molecule is N[C@@H]1N=CN=C2C=CN=N[C@@H]21. The molecule has 5 heteroatoms. The summed E-state index contributed by atoms with van der Waals surface area (Å²) >= 11 is 0. The Balaban J connectivity index is 2.35. The van der Waals surface area contributed by atoms with Gasteiger partial charge in [0.2, 0.25) is 0 Å². The number of nitrogens with two attached hydrogens (primary N) is 1. The van der Waals surface area contributed by atoms with Crippen molar-refractivity contribution in [3.63, 3.8) is 0 Å². The average molecular weight is 149 g/mol. The number of hydrogen-bond donors (Lipinski definition) is 1.